The van der Waals surface area contributed by atoms with Crippen LogP contribution in [0.5, 0.6) is 0 Å². The Kier molecular flexibility index (Phi) is 6.51. The maximum Gasteiger partial charge on any atom is 0.407 e. The van der Waals surface area contributed by atoms with Crippen LogP contribution in [0.2, 0.25) is 0 Å². The summed E-state index contributed by atoms with van der Waals surface area (Å²) in [6.45, 7) is 0.424. The molecule has 0 spiro atoms. The quantitative estimate of drug-likeness (QED) is 0.408. The largest absolute Gasteiger partial charge is 1.00 e. The van der Waals surface area contributed by atoms with Crippen LogP contribution < -0.4 is 45.2 Å². The number of halogens is 1. The topological polar surface area (TPSA) is 38.3 Å². The van der Waals surface area contributed by atoms with Crippen molar-refractivity contribution in [1.82, 2.24) is 5.32 Å². The fourth-order valence-corrected chi connectivity index (χ4v) is 8.09. The molecule has 3 aromatic carbocycles. The SMILES string of the molecule is O=C1NC(C[P+](c2ccccc2)(c2ccccc2)c2ccccc2)CO1.[I-]. The van der Waals surface area contributed by atoms with Crippen LogP contribution >= 0.6 is 7.26 Å². The first-order chi connectivity index (χ1) is 12.8. The van der Waals surface area contributed by atoms with Gasteiger partial charge in [0.25, 0.3) is 0 Å². The smallest absolute Gasteiger partial charge is 0.407 e. The average molecular weight is 489 g/mol. The Labute approximate surface area is 177 Å². The third kappa shape index (κ3) is 4.02. The average Bonchev–Trinajstić information content (AvgIpc) is 3.13. The summed E-state index contributed by atoms with van der Waals surface area (Å²) in [5.74, 6) is 0. The second-order valence-electron chi connectivity index (χ2n) is 6.44. The van der Waals surface area contributed by atoms with Crippen LogP contribution in [0.3, 0.4) is 0 Å². The van der Waals surface area contributed by atoms with E-state index < -0.39 is 7.26 Å². The second kappa shape index (κ2) is 8.85. The Hall–Kier alpha value is -1.91. The summed E-state index contributed by atoms with van der Waals surface area (Å²) in [6, 6.07) is 32.0. The number of hydrogen-bond acceptors (Lipinski definition) is 2. The third-order valence-electron chi connectivity index (χ3n) is 4.82. The fraction of sp³-hybridized carbons (Fsp3) is 0.136. The summed E-state index contributed by atoms with van der Waals surface area (Å²) in [7, 11) is -1.92. The monoisotopic (exact) mass is 489 g/mol. The predicted molar refractivity (Wildman–Crippen MR) is 108 cm³/mol. The zero-order chi connectivity index (χ0) is 17.8. The molecule has 4 rings (SSSR count). The maximum absolute atomic E-state index is 11.6. The van der Waals surface area contributed by atoms with E-state index in [9.17, 15) is 4.79 Å². The van der Waals surface area contributed by atoms with Gasteiger partial charge in [-0.15, -0.1) is 0 Å². The second-order valence-corrected chi connectivity index (χ2v) is 9.97. The Morgan fingerprint density at radius 2 is 1.19 bits per heavy atom. The van der Waals surface area contributed by atoms with Gasteiger partial charge in [0, 0.05) is 0 Å². The van der Waals surface area contributed by atoms with Crippen LogP contribution in [0.4, 0.5) is 4.79 Å². The number of carbonyl (C=O) groups excluding carboxylic acids is 1. The Bertz CT molecular complexity index is 778. The van der Waals surface area contributed by atoms with Crippen LogP contribution in [0.1, 0.15) is 0 Å². The van der Waals surface area contributed by atoms with Crippen LogP contribution in [0.25, 0.3) is 0 Å². The predicted octanol–water partition coefficient (Wildman–Crippen LogP) is 0.0929. The highest BCUT2D eigenvalue weighted by Crippen LogP contribution is 2.55. The van der Waals surface area contributed by atoms with Crippen LogP contribution in [0, 0.1) is 0 Å². The zero-order valence-electron chi connectivity index (χ0n) is 14.8. The van der Waals surface area contributed by atoms with Gasteiger partial charge in [0.2, 0.25) is 0 Å². The molecule has 27 heavy (non-hydrogen) atoms. The number of benzene rings is 3. The normalized spacial score (nSPS) is 16.1. The number of carbonyl (C=O) groups is 1. The summed E-state index contributed by atoms with van der Waals surface area (Å²) in [6.07, 6.45) is 0.527. The lowest BCUT2D eigenvalue weighted by Gasteiger charge is -2.29. The van der Waals surface area contributed by atoms with E-state index in [1.165, 1.54) is 15.9 Å². The lowest BCUT2D eigenvalue weighted by atomic mass is 10.3. The highest BCUT2D eigenvalue weighted by Gasteiger charge is 2.48. The minimum absolute atomic E-state index is 0. The van der Waals surface area contributed by atoms with Gasteiger partial charge >= 0.3 is 6.09 Å². The summed E-state index contributed by atoms with van der Waals surface area (Å²) in [5, 5.41) is 6.94. The minimum Gasteiger partial charge on any atom is -1.00 e. The van der Waals surface area contributed by atoms with Gasteiger partial charge in [-0.2, -0.15) is 0 Å². The van der Waals surface area contributed by atoms with E-state index in [4.69, 9.17) is 4.74 Å². The number of ether oxygens (including phenoxy) is 1. The molecule has 0 saturated carbocycles. The number of hydrogen-bond donors (Lipinski definition) is 1. The van der Waals surface area contributed by atoms with Crippen LogP contribution in [0.15, 0.2) is 91.0 Å². The first-order valence-electron chi connectivity index (χ1n) is 8.77. The van der Waals surface area contributed by atoms with Gasteiger partial charge in [-0.25, -0.2) is 4.79 Å². The van der Waals surface area contributed by atoms with Crippen molar-refractivity contribution in [2.45, 2.75) is 6.04 Å². The molecule has 3 aromatic rings. The van der Waals surface area contributed by atoms with Crippen molar-refractivity contribution in [2.75, 3.05) is 12.8 Å². The molecule has 138 valence electrons. The first kappa shape index (κ1) is 19.8. The molecular weight excluding hydrogens is 468 g/mol. The molecule has 1 unspecified atom stereocenters. The van der Waals surface area contributed by atoms with E-state index in [1.54, 1.807) is 0 Å². The van der Waals surface area contributed by atoms with Gasteiger partial charge in [0.05, 0.1) is 6.16 Å². The molecule has 1 amide bonds. The molecule has 5 heteroatoms. The first-order valence-corrected chi connectivity index (χ1v) is 10.7. The number of alkyl carbamates (subject to hydrolysis) is 1. The van der Waals surface area contributed by atoms with Gasteiger partial charge in [0.1, 0.15) is 35.8 Å². The molecule has 1 N–H and O–H groups in total. The van der Waals surface area contributed by atoms with Crippen molar-refractivity contribution < 1.29 is 33.5 Å². The minimum atomic E-state index is -1.92. The molecule has 0 bridgehead atoms. The van der Waals surface area contributed by atoms with E-state index in [-0.39, 0.29) is 36.1 Å². The van der Waals surface area contributed by atoms with Crippen molar-refractivity contribution in [1.29, 1.82) is 0 Å². The lowest BCUT2D eigenvalue weighted by molar-refractivity contribution is -0.0000103. The molecule has 1 heterocycles. The van der Waals surface area contributed by atoms with Gasteiger partial charge in [-0.05, 0) is 36.4 Å². The van der Waals surface area contributed by atoms with E-state index in [2.05, 4.69) is 96.3 Å². The van der Waals surface area contributed by atoms with Crippen molar-refractivity contribution in [3.8, 4) is 0 Å². The summed E-state index contributed by atoms with van der Waals surface area (Å²) < 4.78 is 5.19. The maximum atomic E-state index is 11.6. The van der Waals surface area contributed by atoms with Crippen LogP contribution in [-0.4, -0.2) is 24.9 Å². The van der Waals surface area contributed by atoms with E-state index in [1.807, 2.05) is 0 Å². The molecule has 1 atom stereocenters. The van der Waals surface area contributed by atoms with Crippen LogP contribution in [-0.2, 0) is 4.74 Å². The Morgan fingerprint density at radius 1 is 0.778 bits per heavy atom. The highest BCUT2D eigenvalue weighted by molar-refractivity contribution is 7.95. The number of amides is 1. The summed E-state index contributed by atoms with van der Waals surface area (Å²) in [4.78, 5) is 11.6. The Balaban J connectivity index is 0.00000210. The molecule has 0 aromatic heterocycles. The van der Waals surface area contributed by atoms with Gasteiger partial charge in [-0.3, -0.25) is 0 Å². The Morgan fingerprint density at radius 3 is 1.52 bits per heavy atom. The van der Waals surface area contributed by atoms with Crippen molar-refractivity contribution in [3.63, 3.8) is 0 Å². The molecule has 1 aliphatic rings. The van der Waals surface area contributed by atoms with Gasteiger partial charge < -0.3 is 34.0 Å². The van der Waals surface area contributed by atoms with Gasteiger partial charge in [0.15, 0.2) is 0 Å². The van der Waals surface area contributed by atoms with Crippen molar-refractivity contribution >= 4 is 29.3 Å². The standard InChI is InChI=1S/C22H20NO2P.HI/c24-22-23-18(16-25-22)17-26(19-10-4-1-5-11-19,20-12-6-2-7-13-20)21-14-8-3-9-15-21;/h1-15,18H,16-17H2;1H. The van der Waals surface area contributed by atoms with E-state index in [0.717, 1.165) is 6.16 Å². The third-order valence-corrected chi connectivity index (χ3v) is 9.35. The number of rotatable bonds is 5. The highest BCUT2D eigenvalue weighted by atomic mass is 127. The van der Waals surface area contributed by atoms with E-state index >= 15 is 0 Å². The lowest BCUT2D eigenvalue weighted by Crippen LogP contribution is -3.00. The summed E-state index contributed by atoms with van der Waals surface area (Å²) in [5.41, 5.74) is 0. The van der Waals surface area contributed by atoms with Gasteiger partial charge in [-0.1, -0.05) is 54.6 Å². The molecular formula is C22H21INO2P. The van der Waals surface area contributed by atoms with E-state index in [0.29, 0.717) is 6.61 Å². The summed E-state index contributed by atoms with van der Waals surface area (Å²) >= 11 is 0. The number of cyclic esters (lactones) is 1. The molecule has 0 radical (unpaired) electrons. The molecule has 3 nitrogen and oxygen atoms in total. The molecule has 1 saturated heterocycles. The zero-order valence-corrected chi connectivity index (χ0v) is 17.8. The molecule has 0 aliphatic carbocycles. The molecule has 1 fully saturated rings. The van der Waals surface area contributed by atoms with Crippen molar-refractivity contribution in [3.05, 3.63) is 91.0 Å². The molecule has 1 aliphatic heterocycles. The fourth-order valence-electron chi connectivity index (χ4n) is 3.67. The van der Waals surface area contributed by atoms with Crippen molar-refractivity contribution in [2.24, 2.45) is 0 Å². The number of nitrogens with one attached hydrogen (secondary N) is 1.